The van der Waals surface area contributed by atoms with Crippen LogP contribution >= 0.6 is 11.6 Å². The summed E-state index contributed by atoms with van der Waals surface area (Å²) in [6, 6.07) is 4.30. The third-order valence-corrected chi connectivity index (χ3v) is 4.04. The van der Waals surface area contributed by atoms with Gasteiger partial charge >= 0.3 is 0 Å². The zero-order chi connectivity index (χ0) is 15.1. The van der Waals surface area contributed by atoms with Crippen LogP contribution in [0.3, 0.4) is 0 Å². The van der Waals surface area contributed by atoms with Gasteiger partial charge in [0.15, 0.2) is 0 Å². The van der Waals surface area contributed by atoms with E-state index in [2.05, 4.69) is 5.32 Å². The van der Waals surface area contributed by atoms with Gasteiger partial charge < -0.3 is 4.90 Å². The predicted molar refractivity (Wildman–Crippen MR) is 72.2 cm³/mol. The van der Waals surface area contributed by atoms with Gasteiger partial charge in [-0.1, -0.05) is 11.6 Å². The average molecular weight is 304 g/mol. The second-order valence-corrected chi connectivity index (χ2v) is 5.41. The first-order chi connectivity index (χ1) is 10.0. The molecule has 2 heterocycles. The highest BCUT2D eigenvalue weighted by molar-refractivity contribution is 6.32. The molecule has 1 aromatic carbocycles. The molecule has 7 heteroatoms. The van der Waals surface area contributed by atoms with Crippen LogP contribution in [0.25, 0.3) is 0 Å². The van der Waals surface area contributed by atoms with E-state index >= 15 is 0 Å². The van der Waals surface area contributed by atoms with Crippen molar-refractivity contribution in [3.8, 4) is 6.07 Å². The van der Waals surface area contributed by atoms with Gasteiger partial charge in [0, 0.05) is 18.5 Å². The largest absolute Gasteiger partial charge is 0.322 e. The van der Waals surface area contributed by atoms with Gasteiger partial charge in [0.1, 0.15) is 12.1 Å². The Morgan fingerprint density at radius 2 is 2.10 bits per heavy atom. The van der Waals surface area contributed by atoms with Gasteiger partial charge in [-0.2, -0.15) is 5.26 Å². The van der Waals surface area contributed by atoms with E-state index in [-0.39, 0.29) is 35.4 Å². The van der Waals surface area contributed by atoms with Crippen LogP contribution in [0.1, 0.15) is 34.3 Å². The summed E-state index contributed by atoms with van der Waals surface area (Å²) in [6.07, 6.45) is 0.518. The van der Waals surface area contributed by atoms with Crippen LogP contribution in [-0.2, 0) is 16.1 Å². The van der Waals surface area contributed by atoms with E-state index < -0.39 is 11.9 Å². The van der Waals surface area contributed by atoms with Crippen LogP contribution in [0.2, 0.25) is 5.02 Å². The number of hydrogen-bond donors (Lipinski definition) is 1. The van der Waals surface area contributed by atoms with Crippen molar-refractivity contribution in [3.05, 3.63) is 33.8 Å². The second-order valence-electron chi connectivity index (χ2n) is 5.00. The molecule has 0 saturated carbocycles. The molecule has 3 rings (SSSR count). The first-order valence-electron chi connectivity index (χ1n) is 6.38. The number of amides is 3. The minimum atomic E-state index is -0.660. The minimum absolute atomic E-state index is 0.209. The number of rotatable bonds is 1. The summed E-state index contributed by atoms with van der Waals surface area (Å²) in [5.41, 5.74) is 1.31. The van der Waals surface area contributed by atoms with Crippen molar-refractivity contribution in [3.63, 3.8) is 0 Å². The van der Waals surface area contributed by atoms with E-state index in [4.69, 9.17) is 16.9 Å². The van der Waals surface area contributed by atoms with Crippen molar-refractivity contribution in [1.82, 2.24) is 10.2 Å². The van der Waals surface area contributed by atoms with Gasteiger partial charge in [-0.05, 0) is 24.1 Å². The van der Waals surface area contributed by atoms with Crippen LogP contribution in [0.15, 0.2) is 12.1 Å². The van der Waals surface area contributed by atoms with Gasteiger partial charge in [0.25, 0.3) is 5.91 Å². The molecule has 1 atom stereocenters. The van der Waals surface area contributed by atoms with Crippen LogP contribution in [-0.4, -0.2) is 28.7 Å². The summed E-state index contributed by atoms with van der Waals surface area (Å²) in [4.78, 5) is 36.9. The standard InChI is InChI=1S/C14H10ClN3O3/c15-10-4-8-6-18(11-1-2-12(19)17-13(11)20)14(21)9(8)3-7(10)5-16/h3-4,11H,1-2,6H2,(H,17,19,20). The van der Waals surface area contributed by atoms with E-state index in [9.17, 15) is 14.4 Å². The van der Waals surface area contributed by atoms with E-state index in [1.165, 1.54) is 11.0 Å². The fourth-order valence-corrected chi connectivity index (χ4v) is 2.90. The number of carbonyl (C=O) groups is 3. The van der Waals surface area contributed by atoms with E-state index in [0.717, 1.165) is 0 Å². The molecule has 1 fully saturated rings. The number of benzene rings is 1. The van der Waals surface area contributed by atoms with Crippen LogP contribution in [0.5, 0.6) is 0 Å². The van der Waals surface area contributed by atoms with Gasteiger partial charge in [-0.25, -0.2) is 0 Å². The van der Waals surface area contributed by atoms with Gasteiger partial charge in [-0.3, -0.25) is 19.7 Å². The lowest BCUT2D eigenvalue weighted by molar-refractivity contribution is -0.136. The Kier molecular flexibility index (Phi) is 3.15. The first kappa shape index (κ1) is 13.6. The summed E-state index contributed by atoms with van der Waals surface area (Å²) in [5.74, 6) is -1.10. The zero-order valence-electron chi connectivity index (χ0n) is 10.9. The Morgan fingerprint density at radius 3 is 2.76 bits per heavy atom. The number of nitriles is 1. The smallest absolute Gasteiger partial charge is 0.255 e. The topological polar surface area (TPSA) is 90.3 Å². The molecule has 3 amide bonds. The molecule has 0 aromatic heterocycles. The highest BCUT2D eigenvalue weighted by Crippen LogP contribution is 2.31. The molecular weight excluding hydrogens is 294 g/mol. The molecule has 106 valence electrons. The maximum absolute atomic E-state index is 12.4. The molecule has 0 spiro atoms. The molecule has 0 aliphatic carbocycles. The van der Waals surface area contributed by atoms with E-state index in [0.29, 0.717) is 17.5 Å². The fraction of sp³-hybridized carbons (Fsp3) is 0.286. The number of hydrogen-bond acceptors (Lipinski definition) is 4. The third kappa shape index (κ3) is 2.16. The van der Waals surface area contributed by atoms with Crippen molar-refractivity contribution >= 4 is 29.3 Å². The number of halogens is 1. The Labute approximate surface area is 125 Å². The Balaban J connectivity index is 1.92. The van der Waals surface area contributed by atoms with E-state index in [1.807, 2.05) is 6.07 Å². The lowest BCUT2D eigenvalue weighted by Crippen LogP contribution is -2.52. The van der Waals surface area contributed by atoms with Crippen molar-refractivity contribution < 1.29 is 14.4 Å². The van der Waals surface area contributed by atoms with Crippen molar-refractivity contribution in [1.29, 1.82) is 5.26 Å². The Hall–Kier alpha value is -2.39. The first-order valence-corrected chi connectivity index (χ1v) is 6.76. The Bertz CT molecular complexity index is 723. The Morgan fingerprint density at radius 1 is 1.33 bits per heavy atom. The number of fused-ring (bicyclic) bond motifs is 1. The second kappa shape index (κ2) is 4.86. The summed E-state index contributed by atoms with van der Waals surface area (Å²) in [6.45, 7) is 0.256. The molecule has 2 aliphatic heterocycles. The molecule has 0 bridgehead atoms. The van der Waals surface area contributed by atoms with Gasteiger partial charge in [-0.15, -0.1) is 0 Å². The van der Waals surface area contributed by atoms with Crippen LogP contribution in [0.4, 0.5) is 0 Å². The SMILES string of the molecule is N#Cc1cc2c(cc1Cl)CN(C1CCC(=O)NC1=O)C2=O. The lowest BCUT2D eigenvalue weighted by atomic mass is 10.0. The minimum Gasteiger partial charge on any atom is -0.322 e. The number of nitrogens with zero attached hydrogens (tertiary/aromatic N) is 2. The molecule has 1 N–H and O–H groups in total. The highest BCUT2D eigenvalue weighted by Gasteiger charge is 2.39. The van der Waals surface area contributed by atoms with Crippen LogP contribution < -0.4 is 5.32 Å². The monoisotopic (exact) mass is 303 g/mol. The molecule has 0 radical (unpaired) electrons. The molecule has 21 heavy (non-hydrogen) atoms. The third-order valence-electron chi connectivity index (χ3n) is 3.73. The summed E-state index contributed by atoms with van der Waals surface area (Å²) < 4.78 is 0. The predicted octanol–water partition coefficient (Wildman–Crippen LogP) is 0.973. The lowest BCUT2D eigenvalue weighted by Gasteiger charge is -2.29. The van der Waals surface area contributed by atoms with Gasteiger partial charge in [0.05, 0.1) is 10.6 Å². The highest BCUT2D eigenvalue weighted by atomic mass is 35.5. The molecule has 2 aliphatic rings. The summed E-state index contributed by atoms with van der Waals surface area (Å²) in [7, 11) is 0. The van der Waals surface area contributed by atoms with Crippen molar-refractivity contribution in [2.24, 2.45) is 0 Å². The molecule has 1 unspecified atom stereocenters. The zero-order valence-corrected chi connectivity index (χ0v) is 11.6. The number of nitrogens with one attached hydrogen (secondary N) is 1. The quantitative estimate of drug-likeness (QED) is 0.783. The van der Waals surface area contributed by atoms with Crippen molar-refractivity contribution in [2.45, 2.75) is 25.4 Å². The number of carbonyl (C=O) groups excluding carboxylic acids is 3. The van der Waals surface area contributed by atoms with Crippen molar-refractivity contribution in [2.75, 3.05) is 0 Å². The maximum Gasteiger partial charge on any atom is 0.255 e. The number of imide groups is 1. The molecule has 1 aromatic rings. The summed E-state index contributed by atoms with van der Waals surface area (Å²) in [5, 5.41) is 11.5. The maximum atomic E-state index is 12.4. The van der Waals surface area contributed by atoms with Crippen LogP contribution in [0, 0.1) is 11.3 Å². The van der Waals surface area contributed by atoms with Gasteiger partial charge in [0.2, 0.25) is 11.8 Å². The molecule has 6 nitrogen and oxygen atoms in total. The fourth-order valence-electron chi connectivity index (χ4n) is 2.67. The summed E-state index contributed by atoms with van der Waals surface area (Å²) >= 11 is 5.96. The molecular formula is C14H10ClN3O3. The average Bonchev–Trinajstić information content (AvgIpc) is 2.74. The molecule has 1 saturated heterocycles. The van der Waals surface area contributed by atoms with E-state index in [1.54, 1.807) is 6.07 Å². The normalized spacial score (nSPS) is 21.0. The number of piperidine rings is 1.